The van der Waals surface area contributed by atoms with Crippen molar-refractivity contribution in [1.82, 2.24) is 4.31 Å². The average Bonchev–Trinajstić information content (AvgIpc) is 2.96. The largest absolute Gasteiger partial charge is 0.478 e. The minimum absolute atomic E-state index is 0.0871. The molecule has 1 N–H and O–H groups in total. The maximum absolute atomic E-state index is 12.6. The number of furan rings is 1. The molecule has 0 radical (unpaired) electrons. The van der Waals surface area contributed by atoms with Crippen LogP contribution in [0.4, 0.5) is 0 Å². The lowest BCUT2D eigenvalue weighted by molar-refractivity contribution is 0.0691. The molecule has 0 aliphatic carbocycles. The van der Waals surface area contributed by atoms with Gasteiger partial charge in [-0.2, -0.15) is 4.31 Å². The van der Waals surface area contributed by atoms with Crippen molar-refractivity contribution in [2.45, 2.75) is 37.7 Å². The molecule has 0 spiro atoms. The van der Waals surface area contributed by atoms with Gasteiger partial charge in [-0.15, -0.1) is 0 Å². The average molecular weight is 317 g/mol. The molecule has 1 aromatic heterocycles. The summed E-state index contributed by atoms with van der Waals surface area (Å²) in [4.78, 5) is 11.0. The van der Waals surface area contributed by atoms with Crippen LogP contribution in [0.25, 0.3) is 0 Å². The zero-order valence-corrected chi connectivity index (χ0v) is 13.1. The lowest BCUT2D eigenvalue weighted by Crippen LogP contribution is -2.35. The molecule has 0 aromatic carbocycles. The van der Waals surface area contributed by atoms with E-state index < -0.39 is 16.0 Å². The Labute approximate surface area is 123 Å². The van der Waals surface area contributed by atoms with Crippen molar-refractivity contribution in [3.05, 3.63) is 17.1 Å². The van der Waals surface area contributed by atoms with E-state index in [1.54, 1.807) is 0 Å². The van der Waals surface area contributed by atoms with Crippen LogP contribution < -0.4 is 0 Å². The fraction of sp³-hybridized carbons (Fsp3) is 0.615. The number of ether oxygens (including phenoxy) is 1. The fourth-order valence-electron chi connectivity index (χ4n) is 2.55. The van der Waals surface area contributed by atoms with E-state index in [-0.39, 0.29) is 34.6 Å². The number of hydrogen-bond acceptors (Lipinski definition) is 5. The van der Waals surface area contributed by atoms with Gasteiger partial charge in [0.1, 0.15) is 22.0 Å². The minimum atomic E-state index is -3.93. The molecule has 21 heavy (non-hydrogen) atoms. The summed E-state index contributed by atoms with van der Waals surface area (Å²) in [5.41, 5.74) is -0.299. The van der Waals surface area contributed by atoms with Gasteiger partial charge in [-0.3, -0.25) is 0 Å². The van der Waals surface area contributed by atoms with E-state index >= 15 is 0 Å². The van der Waals surface area contributed by atoms with Crippen LogP contribution in [0.5, 0.6) is 0 Å². The van der Waals surface area contributed by atoms with Crippen LogP contribution in [0.2, 0.25) is 0 Å². The van der Waals surface area contributed by atoms with E-state index in [2.05, 4.69) is 0 Å². The zero-order chi connectivity index (χ0) is 15.8. The summed E-state index contributed by atoms with van der Waals surface area (Å²) in [5, 5.41) is 9.22. The monoisotopic (exact) mass is 317 g/mol. The van der Waals surface area contributed by atoms with Crippen LogP contribution in [0, 0.1) is 13.8 Å². The predicted molar refractivity (Wildman–Crippen MR) is 73.9 cm³/mol. The molecule has 1 aliphatic rings. The SMILES string of the molecule is Cc1oc(C)c(S(=O)(=O)N(C)CC2CCCO2)c1C(=O)O. The number of nitrogens with zero attached hydrogens (tertiary/aromatic N) is 1. The number of carboxylic acid groups (broad SMARTS) is 1. The topological polar surface area (TPSA) is 97.0 Å². The number of aryl methyl sites for hydroxylation is 2. The van der Waals surface area contributed by atoms with Crippen molar-refractivity contribution in [2.75, 3.05) is 20.2 Å². The highest BCUT2D eigenvalue weighted by Crippen LogP contribution is 2.29. The Kier molecular flexibility index (Phi) is 4.40. The normalized spacial score (nSPS) is 19.3. The Morgan fingerprint density at radius 2 is 2.05 bits per heavy atom. The molecule has 1 atom stereocenters. The molecule has 7 nitrogen and oxygen atoms in total. The summed E-state index contributed by atoms with van der Waals surface area (Å²) in [6.07, 6.45) is 1.56. The smallest absolute Gasteiger partial charge is 0.340 e. The standard InChI is InChI=1S/C13H19NO6S/c1-8-11(13(15)16)12(9(2)20-8)21(17,18)14(3)7-10-5-4-6-19-10/h10H,4-7H2,1-3H3,(H,15,16). The second kappa shape index (κ2) is 5.78. The lowest BCUT2D eigenvalue weighted by Gasteiger charge is -2.20. The number of hydrogen-bond donors (Lipinski definition) is 1. The molecule has 1 saturated heterocycles. The van der Waals surface area contributed by atoms with Gasteiger partial charge in [0.25, 0.3) is 0 Å². The first-order valence-electron chi connectivity index (χ1n) is 6.66. The molecule has 2 heterocycles. The summed E-state index contributed by atoms with van der Waals surface area (Å²) in [6, 6.07) is 0. The molecule has 0 amide bonds. The van der Waals surface area contributed by atoms with E-state index in [4.69, 9.17) is 9.15 Å². The van der Waals surface area contributed by atoms with Crippen LogP contribution in [0.3, 0.4) is 0 Å². The van der Waals surface area contributed by atoms with Crippen LogP contribution in [-0.2, 0) is 14.8 Å². The first-order chi connectivity index (χ1) is 9.75. The summed E-state index contributed by atoms with van der Waals surface area (Å²) >= 11 is 0. The predicted octanol–water partition coefficient (Wildman–Crippen LogP) is 1.39. The fourth-order valence-corrected chi connectivity index (χ4v) is 4.12. The molecule has 0 saturated carbocycles. The van der Waals surface area contributed by atoms with Crippen molar-refractivity contribution < 1.29 is 27.5 Å². The Balaban J connectivity index is 2.37. The number of aromatic carboxylic acids is 1. The molecule has 1 aromatic rings. The van der Waals surface area contributed by atoms with Gasteiger partial charge in [0.05, 0.1) is 6.10 Å². The van der Waals surface area contributed by atoms with Gasteiger partial charge in [-0.1, -0.05) is 0 Å². The van der Waals surface area contributed by atoms with E-state index in [1.165, 1.54) is 20.9 Å². The van der Waals surface area contributed by atoms with Crippen molar-refractivity contribution in [3.8, 4) is 0 Å². The third kappa shape index (κ3) is 2.97. The highest BCUT2D eigenvalue weighted by atomic mass is 32.2. The van der Waals surface area contributed by atoms with Crippen molar-refractivity contribution in [1.29, 1.82) is 0 Å². The maximum Gasteiger partial charge on any atom is 0.340 e. The van der Waals surface area contributed by atoms with E-state index in [0.29, 0.717) is 6.61 Å². The molecule has 0 bridgehead atoms. The van der Waals surface area contributed by atoms with Gasteiger partial charge in [0.15, 0.2) is 0 Å². The summed E-state index contributed by atoms with van der Waals surface area (Å²) in [7, 11) is -2.51. The van der Waals surface area contributed by atoms with Gasteiger partial charge in [0.2, 0.25) is 10.0 Å². The summed E-state index contributed by atoms with van der Waals surface area (Å²) in [6.45, 7) is 3.72. The van der Waals surface area contributed by atoms with Crippen molar-refractivity contribution >= 4 is 16.0 Å². The highest BCUT2D eigenvalue weighted by molar-refractivity contribution is 7.89. The summed E-state index contributed by atoms with van der Waals surface area (Å²) in [5.74, 6) is -1.14. The second-order valence-corrected chi connectivity index (χ2v) is 7.13. The Morgan fingerprint density at radius 3 is 2.57 bits per heavy atom. The van der Waals surface area contributed by atoms with E-state index in [9.17, 15) is 18.3 Å². The van der Waals surface area contributed by atoms with Gasteiger partial charge >= 0.3 is 5.97 Å². The minimum Gasteiger partial charge on any atom is -0.478 e. The molecule has 8 heteroatoms. The Morgan fingerprint density at radius 1 is 1.38 bits per heavy atom. The molecule has 1 fully saturated rings. The third-order valence-electron chi connectivity index (χ3n) is 3.57. The highest BCUT2D eigenvalue weighted by Gasteiger charge is 2.35. The number of sulfonamides is 1. The molecule has 1 unspecified atom stereocenters. The maximum atomic E-state index is 12.6. The third-order valence-corrected chi connectivity index (χ3v) is 5.55. The van der Waals surface area contributed by atoms with Crippen molar-refractivity contribution in [2.24, 2.45) is 0 Å². The van der Waals surface area contributed by atoms with Gasteiger partial charge in [0, 0.05) is 20.2 Å². The van der Waals surface area contributed by atoms with E-state index in [1.807, 2.05) is 0 Å². The number of rotatable bonds is 5. The van der Waals surface area contributed by atoms with Crippen molar-refractivity contribution in [3.63, 3.8) is 0 Å². The van der Waals surface area contributed by atoms with Crippen LogP contribution in [-0.4, -0.2) is 50.1 Å². The molecule has 2 rings (SSSR count). The second-order valence-electron chi connectivity index (χ2n) is 5.14. The number of likely N-dealkylation sites (N-methyl/N-ethyl adjacent to an activating group) is 1. The quantitative estimate of drug-likeness (QED) is 0.881. The lowest BCUT2D eigenvalue weighted by atomic mass is 10.2. The molecular formula is C13H19NO6S. The van der Waals surface area contributed by atoms with E-state index in [0.717, 1.165) is 17.1 Å². The first-order valence-corrected chi connectivity index (χ1v) is 8.10. The number of carbonyl (C=O) groups is 1. The number of carboxylic acids is 1. The molecule has 118 valence electrons. The van der Waals surface area contributed by atoms with Gasteiger partial charge in [-0.25, -0.2) is 13.2 Å². The van der Waals surface area contributed by atoms with Gasteiger partial charge in [-0.05, 0) is 26.7 Å². The van der Waals surface area contributed by atoms with Crippen LogP contribution in [0.15, 0.2) is 9.31 Å². The van der Waals surface area contributed by atoms with Crippen LogP contribution in [0.1, 0.15) is 34.7 Å². The summed E-state index contributed by atoms with van der Waals surface area (Å²) < 4.78 is 37.0. The first kappa shape index (κ1) is 16.0. The Hall–Kier alpha value is -1.38. The molecular weight excluding hydrogens is 298 g/mol. The van der Waals surface area contributed by atoms with Crippen LogP contribution >= 0.6 is 0 Å². The molecule has 1 aliphatic heterocycles. The van der Waals surface area contributed by atoms with Gasteiger partial charge < -0.3 is 14.3 Å². The Bertz CT molecular complexity index is 642. The zero-order valence-electron chi connectivity index (χ0n) is 12.2.